The van der Waals surface area contributed by atoms with Gasteiger partial charge in [0.25, 0.3) is 11.8 Å². The summed E-state index contributed by atoms with van der Waals surface area (Å²) in [4.78, 5) is 31.7. The fourth-order valence-corrected chi connectivity index (χ4v) is 3.35. The number of amides is 2. The summed E-state index contributed by atoms with van der Waals surface area (Å²) >= 11 is 9.47. The number of anilines is 2. The molecule has 0 aliphatic carbocycles. The van der Waals surface area contributed by atoms with E-state index in [1.54, 1.807) is 61.6 Å². The van der Waals surface area contributed by atoms with Gasteiger partial charge in [-0.25, -0.2) is 4.98 Å². The predicted octanol–water partition coefficient (Wildman–Crippen LogP) is 4.90. The van der Waals surface area contributed by atoms with Crippen molar-refractivity contribution in [3.05, 3.63) is 80.9 Å². The Hall–Kier alpha value is -3.43. The van der Waals surface area contributed by atoms with Crippen molar-refractivity contribution < 1.29 is 14.3 Å². The monoisotopic (exact) mass is 529 g/mol. The molecular formula is C23H21BrClN5O3. The lowest BCUT2D eigenvalue weighted by atomic mass is 10.1. The molecule has 1 aromatic heterocycles. The molecule has 2 amide bonds. The van der Waals surface area contributed by atoms with Crippen molar-refractivity contribution in [2.45, 2.75) is 0 Å². The maximum Gasteiger partial charge on any atom is 0.259 e. The second-order valence-corrected chi connectivity index (χ2v) is 8.47. The van der Waals surface area contributed by atoms with E-state index in [2.05, 4.69) is 31.5 Å². The molecule has 0 radical (unpaired) electrons. The summed E-state index contributed by atoms with van der Waals surface area (Å²) in [5.74, 6) is -0.0824. The quantitative estimate of drug-likeness (QED) is 0.310. The molecule has 0 saturated carbocycles. The minimum atomic E-state index is -0.518. The zero-order valence-corrected chi connectivity index (χ0v) is 20.4. The highest BCUT2D eigenvalue weighted by Gasteiger charge is 2.21. The first-order chi connectivity index (χ1) is 15.7. The van der Waals surface area contributed by atoms with Crippen LogP contribution in [0.1, 0.15) is 26.3 Å². The van der Waals surface area contributed by atoms with E-state index in [9.17, 15) is 9.59 Å². The molecule has 3 rings (SSSR count). The molecule has 170 valence electrons. The third-order valence-electron chi connectivity index (χ3n) is 4.61. The van der Waals surface area contributed by atoms with Crippen LogP contribution in [-0.2, 0) is 0 Å². The van der Waals surface area contributed by atoms with E-state index in [4.69, 9.17) is 21.7 Å². The lowest BCUT2D eigenvalue weighted by molar-refractivity contribution is 0.102. The van der Waals surface area contributed by atoms with Crippen LogP contribution < -0.4 is 15.4 Å². The van der Waals surface area contributed by atoms with Gasteiger partial charge in [0.15, 0.2) is 0 Å². The number of benzene rings is 2. The number of nitrogens with one attached hydrogen (secondary N) is 3. The van der Waals surface area contributed by atoms with E-state index in [1.807, 2.05) is 0 Å². The minimum Gasteiger partial charge on any atom is -0.494 e. The van der Waals surface area contributed by atoms with Crippen LogP contribution in [0.2, 0.25) is 5.02 Å². The molecule has 0 spiro atoms. The molecule has 0 aliphatic heterocycles. The lowest BCUT2D eigenvalue weighted by Crippen LogP contribution is -2.22. The molecule has 2 aromatic carbocycles. The largest absolute Gasteiger partial charge is 0.494 e. The summed E-state index contributed by atoms with van der Waals surface area (Å²) < 4.78 is 6.13. The van der Waals surface area contributed by atoms with Gasteiger partial charge in [0.1, 0.15) is 17.4 Å². The van der Waals surface area contributed by atoms with Crippen LogP contribution in [0.4, 0.5) is 11.5 Å². The highest BCUT2D eigenvalue weighted by atomic mass is 79.9. The molecule has 0 aliphatic rings. The van der Waals surface area contributed by atoms with Gasteiger partial charge in [0, 0.05) is 47.0 Å². The Balaban J connectivity index is 1.90. The van der Waals surface area contributed by atoms with Crippen molar-refractivity contribution in [1.82, 2.24) is 9.88 Å². The Labute approximate surface area is 204 Å². The first-order valence-corrected chi connectivity index (χ1v) is 10.8. The Bertz CT molecular complexity index is 1200. The Morgan fingerprint density at radius 3 is 2.27 bits per heavy atom. The second kappa shape index (κ2) is 10.5. The van der Waals surface area contributed by atoms with Gasteiger partial charge in [-0.2, -0.15) is 0 Å². The van der Waals surface area contributed by atoms with Crippen LogP contribution in [0, 0.1) is 5.41 Å². The maximum atomic E-state index is 13.0. The SMILES string of the molecule is COc1cc(Cl)cc(C(=O)Nc2ccc(Br)cn2)c1NC(=O)c1ccc(C(=N)N(C)C)cc1. The summed E-state index contributed by atoms with van der Waals surface area (Å²) in [6.45, 7) is 0. The fourth-order valence-electron chi connectivity index (χ4n) is 2.91. The molecular weight excluding hydrogens is 510 g/mol. The van der Waals surface area contributed by atoms with E-state index < -0.39 is 11.8 Å². The summed E-state index contributed by atoms with van der Waals surface area (Å²) in [5, 5.41) is 13.7. The summed E-state index contributed by atoms with van der Waals surface area (Å²) in [7, 11) is 4.96. The molecule has 0 atom stereocenters. The van der Waals surface area contributed by atoms with E-state index in [0.717, 1.165) is 4.47 Å². The van der Waals surface area contributed by atoms with Crippen LogP contribution in [0.15, 0.2) is 59.2 Å². The van der Waals surface area contributed by atoms with Gasteiger partial charge in [-0.1, -0.05) is 23.7 Å². The van der Waals surface area contributed by atoms with Crippen LogP contribution in [0.25, 0.3) is 0 Å². The Kier molecular flexibility index (Phi) is 7.67. The zero-order valence-electron chi connectivity index (χ0n) is 18.1. The molecule has 0 saturated heterocycles. The normalized spacial score (nSPS) is 10.3. The fraction of sp³-hybridized carbons (Fsp3) is 0.130. The number of carbonyl (C=O) groups excluding carboxylic acids is 2. The zero-order chi connectivity index (χ0) is 24.1. The number of hydrogen-bond donors (Lipinski definition) is 3. The number of methoxy groups -OCH3 is 1. The number of hydrogen-bond acceptors (Lipinski definition) is 5. The first-order valence-electron chi connectivity index (χ1n) is 9.67. The molecule has 8 nitrogen and oxygen atoms in total. The number of ether oxygens (including phenoxy) is 1. The number of rotatable bonds is 6. The number of aromatic nitrogens is 1. The van der Waals surface area contributed by atoms with E-state index in [1.165, 1.54) is 19.2 Å². The van der Waals surface area contributed by atoms with Crippen LogP contribution >= 0.6 is 27.5 Å². The molecule has 0 unspecified atom stereocenters. The summed E-state index contributed by atoms with van der Waals surface area (Å²) in [6.07, 6.45) is 1.55. The molecule has 0 bridgehead atoms. The van der Waals surface area contributed by atoms with Gasteiger partial charge in [-0.15, -0.1) is 0 Å². The maximum absolute atomic E-state index is 13.0. The molecule has 3 N–H and O–H groups in total. The highest BCUT2D eigenvalue weighted by Crippen LogP contribution is 2.33. The second-order valence-electron chi connectivity index (χ2n) is 7.12. The van der Waals surface area contributed by atoms with Gasteiger partial charge in [-0.05, 0) is 46.3 Å². The van der Waals surface area contributed by atoms with Gasteiger partial charge in [-0.3, -0.25) is 15.0 Å². The van der Waals surface area contributed by atoms with E-state index in [-0.39, 0.29) is 22.0 Å². The standard InChI is InChI=1S/C23H21BrClN5O3/c1-30(2)21(26)13-4-6-14(7-5-13)22(31)29-20-17(10-16(25)11-18(20)33-3)23(32)28-19-9-8-15(24)12-27-19/h4-12,26H,1-3H3,(H,29,31)(H,27,28,32). The average Bonchev–Trinajstić information content (AvgIpc) is 2.80. The van der Waals surface area contributed by atoms with Crippen molar-refractivity contribution in [2.24, 2.45) is 0 Å². The van der Waals surface area contributed by atoms with Crippen LogP contribution in [0.5, 0.6) is 5.75 Å². The van der Waals surface area contributed by atoms with Gasteiger partial charge >= 0.3 is 0 Å². The molecule has 33 heavy (non-hydrogen) atoms. The smallest absolute Gasteiger partial charge is 0.259 e. The summed E-state index contributed by atoms with van der Waals surface area (Å²) in [5.41, 5.74) is 1.31. The Morgan fingerprint density at radius 2 is 1.70 bits per heavy atom. The summed E-state index contributed by atoms with van der Waals surface area (Å²) in [6, 6.07) is 12.9. The first kappa shape index (κ1) is 24.2. The van der Waals surface area contributed by atoms with E-state index >= 15 is 0 Å². The number of halogens is 2. The average molecular weight is 531 g/mol. The number of amidine groups is 1. The van der Waals surface area contributed by atoms with Crippen molar-refractivity contribution in [2.75, 3.05) is 31.8 Å². The molecule has 10 heteroatoms. The number of carbonyl (C=O) groups is 2. The Morgan fingerprint density at radius 1 is 1.03 bits per heavy atom. The molecule has 1 heterocycles. The molecule has 3 aromatic rings. The van der Waals surface area contributed by atoms with Crippen molar-refractivity contribution in [3.63, 3.8) is 0 Å². The van der Waals surface area contributed by atoms with Gasteiger partial charge in [0.05, 0.1) is 18.4 Å². The van der Waals surface area contributed by atoms with Crippen molar-refractivity contribution >= 4 is 56.7 Å². The number of pyridine rings is 1. The third kappa shape index (κ3) is 5.88. The topological polar surface area (TPSA) is 107 Å². The van der Waals surface area contributed by atoms with Gasteiger partial charge < -0.3 is 20.3 Å². The lowest BCUT2D eigenvalue weighted by Gasteiger charge is -2.16. The predicted molar refractivity (Wildman–Crippen MR) is 133 cm³/mol. The van der Waals surface area contributed by atoms with Crippen molar-refractivity contribution in [3.8, 4) is 5.75 Å². The van der Waals surface area contributed by atoms with E-state index in [0.29, 0.717) is 22.8 Å². The van der Waals surface area contributed by atoms with Crippen molar-refractivity contribution in [1.29, 1.82) is 5.41 Å². The van der Waals surface area contributed by atoms with Crippen LogP contribution in [-0.4, -0.2) is 48.7 Å². The van der Waals surface area contributed by atoms with Crippen LogP contribution in [0.3, 0.4) is 0 Å². The molecule has 0 fully saturated rings. The number of nitrogens with zero attached hydrogens (tertiary/aromatic N) is 2. The highest BCUT2D eigenvalue weighted by molar-refractivity contribution is 9.10. The minimum absolute atomic E-state index is 0.114. The van der Waals surface area contributed by atoms with Gasteiger partial charge in [0.2, 0.25) is 0 Å². The third-order valence-corrected chi connectivity index (χ3v) is 5.29.